The predicted molar refractivity (Wildman–Crippen MR) is 141 cm³/mol. The van der Waals surface area contributed by atoms with Gasteiger partial charge in [0.2, 0.25) is 0 Å². The minimum absolute atomic E-state index is 0.221. The van der Waals surface area contributed by atoms with Crippen LogP contribution in [-0.2, 0) is 0 Å². The first kappa shape index (κ1) is 23.8. The summed E-state index contributed by atoms with van der Waals surface area (Å²) in [5.74, 6) is 1.58. The van der Waals surface area contributed by atoms with E-state index in [9.17, 15) is 0 Å². The van der Waals surface area contributed by atoms with E-state index < -0.39 is 8.22 Å². The Morgan fingerprint density at radius 3 is 1.84 bits per heavy atom. The summed E-state index contributed by atoms with van der Waals surface area (Å²) in [6.45, 7) is 23.9. The Kier molecular flexibility index (Phi) is 6.26. The van der Waals surface area contributed by atoms with Crippen LogP contribution < -0.4 is 3.86 Å². The third kappa shape index (κ3) is 4.18. The number of hydrogen-bond donors (Lipinski definition) is 0. The number of allylic oxidation sites excluding steroid dienone is 2. The van der Waals surface area contributed by atoms with Gasteiger partial charge in [-0.1, -0.05) is 0 Å². The van der Waals surface area contributed by atoms with E-state index in [0.717, 1.165) is 11.8 Å². The molecule has 1 aromatic carbocycles. The Bertz CT molecular complexity index is 850. The van der Waals surface area contributed by atoms with Crippen molar-refractivity contribution in [2.24, 2.45) is 11.8 Å². The van der Waals surface area contributed by atoms with Crippen molar-refractivity contribution in [3.8, 4) is 0 Å². The predicted octanol–water partition coefficient (Wildman–Crippen LogP) is 5.87. The molecule has 1 saturated heterocycles. The Morgan fingerprint density at radius 2 is 1.35 bits per heavy atom. The molecule has 0 spiro atoms. The van der Waals surface area contributed by atoms with E-state index in [4.69, 9.17) is 0 Å². The molecule has 1 unspecified atom stereocenters. The standard InChI is InChI=1S/C26H43GeN3P/c1-17-14-18(2)22(19(3)15-17)30(27)23-20-10-11-21(16-20)24(23)31-28(25(4,5)6)12-13-29(31)26(7,8)9/h14-15,20-21H,10-13,16,27H2,1-9H3/p+1/t20-,21?/m1/s1. The minimum atomic E-state index is -0.920. The summed E-state index contributed by atoms with van der Waals surface area (Å²) in [7, 11) is -0.920. The molecule has 0 amide bonds. The van der Waals surface area contributed by atoms with Gasteiger partial charge in [0.05, 0.1) is 0 Å². The van der Waals surface area contributed by atoms with Gasteiger partial charge in [0.15, 0.2) is 0 Å². The van der Waals surface area contributed by atoms with Gasteiger partial charge in [-0.05, 0) is 0 Å². The van der Waals surface area contributed by atoms with Crippen LogP contribution in [0.15, 0.2) is 23.1 Å². The fourth-order valence-corrected chi connectivity index (χ4v) is 12.7. The van der Waals surface area contributed by atoms with Crippen molar-refractivity contribution >= 4 is 30.6 Å². The number of hydrogen-bond acceptors (Lipinski definition) is 3. The summed E-state index contributed by atoms with van der Waals surface area (Å²) < 4.78 is 8.56. The number of benzene rings is 1. The van der Waals surface area contributed by atoms with Gasteiger partial charge < -0.3 is 0 Å². The molecule has 31 heavy (non-hydrogen) atoms. The molecule has 1 aliphatic heterocycles. The van der Waals surface area contributed by atoms with E-state index in [2.05, 4.69) is 87.6 Å². The fraction of sp³-hybridized carbons (Fsp3) is 0.692. The van der Waals surface area contributed by atoms with E-state index in [1.165, 1.54) is 71.5 Å². The summed E-state index contributed by atoms with van der Waals surface area (Å²) >= 11 is 1.19. The van der Waals surface area contributed by atoms with E-state index in [1.807, 2.05) is 5.31 Å². The molecule has 5 heteroatoms. The van der Waals surface area contributed by atoms with Crippen molar-refractivity contribution in [2.75, 3.05) is 16.9 Å². The van der Waals surface area contributed by atoms with Crippen LogP contribution in [0.5, 0.6) is 0 Å². The molecule has 2 bridgehead atoms. The van der Waals surface area contributed by atoms with Gasteiger partial charge in [0.1, 0.15) is 0 Å². The molecule has 1 aromatic rings. The van der Waals surface area contributed by atoms with Gasteiger partial charge in [-0.3, -0.25) is 0 Å². The number of anilines is 1. The van der Waals surface area contributed by atoms with Gasteiger partial charge in [0, 0.05) is 0 Å². The topological polar surface area (TPSA) is 9.72 Å². The summed E-state index contributed by atoms with van der Waals surface area (Å²) in [5.41, 5.74) is 7.96. The number of nitrogens with zero attached hydrogens (tertiary/aromatic N) is 3. The summed E-state index contributed by atoms with van der Waals surface area (Å²) in [6, 6.07) is 4.76. The number of aryl methyl sites for hydroxylation is 3. The average molecular weight is 502 g/mol. The van der Waals surface area contributed by atoms with Crippen molar-refractivity contribution in [3.63, 3.8) is 0 Å². The second kappa shape index (κ2) is 8.15. The van der Waals surface area contributed by atoms with E-state index in [1.54, 1.807) is 5.70 Å². The van der Waals surface area contributed by atoms with Crippen molar-refractivity contribution in [2.45, 2.75) is 92.7 Å². The second-order valence-corrected chi connectivity index (χ2v) is 15.7. The van der Waals surface area contributed by atoms with Gasteiger partial charge in [0.25, 0.3) is 0 Å². The van der Waals surface area contributed by atoms with E-state index >= 15 is 0 Å². The quantitative estimate of drug-likeness (QED) is 0.379. The molecule has 1 radical (unpaired) electrons. The number of rotatable bonds is 3. The summed E-state index contributed by atoms with van der Waals surface area (Å²) in [6.07, 6.45) is 4.20. The van der Waals surface area contributed by atoms with Crippen LogP contribution in [0.1, 0.15) is 77.5 Å². The first-order valence-corrected chi connectivity index (χ1v) is 14.9. The molecule has 0 N–H and O–H groups in total. The summed E-state index contributed by atoms with van der Waals surface area (Å²) in [4.78, 5) is 0. The van der Waals surface area contributed by atoms with Gasteiger partial charge in [-0.25, -0.2) is 0 Å². The van der Waals surface area contributed by atoms with Gasteiger partial charge >= 0.3 is 201 Å². The Balaban J connectivity index is 1.87. The molecular formula is C26H44GeN3P+. The molecule has 4 rings (SSSR count). The SMILES string of the molecule is Cc1cc(C)c([N]([GeH2])C2=C([PH+]3N(C(C)(C)C)CCN3C(C)(C)C)C3CC[C@@H]2C3)c(C)c1. The van der Waals surface area contributed by atoms with Crippen LogP contribution in [0.4, 0.5) is 5.69 Å². The molecule has 1 heterocycles. The third-order valence-electron chi connectivity index (χ3n) is 7.62. The fourth-order valence-electron chi connectivity index (χ4n) is 6.46. The first-order valence-electron chi connectivity index (χ1n) is 12.2. The first-order chi connectivity index (χ1) is 14.3. The summed E-state index contributed by atoms with van der Waals surface area (Å²) in [5, 5.41) is 1.87. The van der Waals surface area contributed by atoms with Crippen LogP contribution in [-0.4, -0.2) is 50.2 Å². The van der Waals surface area contributed by atoms with Crippen LogP contribution in [0.25, 0.3) is 0 Å². The maximum absolute atomic E-state index is 2.90. The molecule has 1 saturated carbocycles. The van der Waals surface area contributed by atoms with Crippen molar-refractivity contribution in [1.82, 2.24) is 9.34 Å². The zero-order valence-corrected chi connectivity index (χ0v) is 25.4. The monoisotopic (exact) mass is 503 g/mol. The zero-order chi connectivity index (χ0) is 22.9. The molecule has 2 aliphatic carbocycles. The Hall–Kier alpha value is -0.347. The third-order valence-corrected chi connectivity index (χ3v) is 13.0. The van der Waals surface area contributed by atoms with Gasteiger partial charge in [-0.15, -0.1) is 0 Å². The van der Waals surface area contributed by atoms with E-state index in [0.29, 0.717) is 0 Å². The molecule has 3 nitrogen and oxygen atoms in total. The zero-order valence-electron chi connectivity index (χ0n) is 21.4. The van der Waals surface area contributed by atoms with Crippen LogP contribution in [0.3, 0.4) is 0 Å². The average Bonchev–Trinajstić information content (AvgIpc) is 3.32. The van der Waals surface area contributed by atoms with Crippen molar-refractivity contribution < 1.29 is 0 Å². The molecule has 2 fully saturated rings. The molecule has 171 valence electrons. The van der Waals surface area contributed by atoms with Crippen LogP contribution >= 0.6 is 8.22 Å². The van der Waals surface area contributed by atoms with Gasteiger partial charge in [-0.2, -0.15) is 0 Å². The Labute approximate surface area is 200 Å². The maximum atomic E-state index is 2.90. The number of fused-ring (bicyclic) bond motifs is 2. The van der Waals surface area contributed by atoms with E-state index in [-0.39, 0.29) is 11.1 Å². The molecule has 0 aromatic heterocycles. The molecule has 3 aliphatic rings. The van der Waals surface area contributed by atoms with Crippen molar-refractivity contribution in [3.05, 3.63) is 39.8 Å². The van der Waals surface area contributed by atoms with Crippen LogP contribution in [0.2, 0.25) is 0 Å². The molecule has 2 atom stereocenters. The Morgan fingerprint density at radius 1 is 0.871 bits per heavy atom. The molecular weight excluding hydrogens is 458 g/mol. The van der Waals surface area contributed by atoms with Crippen LogP contribution in [0, 0.1) is 32.6 Å². The second-order valence-electron chi connectivity index (χ2n) is 12.1. The normalized spacial score (nSPS) is 25.9. The van der Waals surface area contributed by atoms with Crippen molar-refractivity contribution in [1.29, 1.82) is 0 Å².